The number of benzene rings is 1. The summed E-state index contributed by atoms with van der Waals surface area (Å²) in [5, 5.41) is 7.07. The maximum absolute atomic E-state index is 4.06. The van der Waals surface area contributed by atoms with Crippen LogP contribution in [0.5, 0.6) is 0 Å². The lowest BCUT2D eigenvalue weighted by Gasteiger charge is -1.97. The molecule has 3 heteroatoms. The van der Waals surface area contributed by atoms with Crippen molar-refractivity contribution in [2.75, 3.05) is 0 Å². The van der Waals surface area contributed by atoms with Crippen molar-refractivity contribution >= 4 is 0 Å². The van der Waals surface area contributed by atoms with Crippen LogP contribution in [0.4, 0.5) is 0 Å². The van der Waals surface area contributed by atoms with Crippen molar-refractivity contribution in [2.45, 2.75) is 0 Å². The number of hydrogen-bond acceptors (Lipinski definition) is 3. The molecule has 1 aromatic carbocycles. The number of aromatic nitrogens is 3. The minimum Gasteiger partial charge on any atom is -0.264 e. The third-order valence-corrected chi connectivity index (χ3v) is 2.25. The minimum absolute atomic E-state index is 1.16. The van der Waals surface area contributed by atoms with Crippen LogP contribution >= 0.6 is 0 Å². The van der Waals surface area contributed by atoms with E-state index in [1.54, 1.807) is 18.6 Å². The lowest BCUT2D eigenvalue weighted by Crippen LogP contribution is -1.76. The minimum atomic E-state index is 1.16. The predicted octanol–water partition coefficient (Wildman–Crippen LogP) is 3.23. The zero-order valence-corrected chi connectivity index (χ0v) is 9.85. The summed E-state index contributed by atoms with van der Waals surface area (Å²) >= 11 is 0. The van der Waals surface area contributed by atoms with Crippen LogP contribution < -0.4 is 0 Å². The second kappa shape index (κ2) is 6.91. The van der Waals surface area contributed by atoms with Gasteiger partial charge in [-0.3, -0.25) is 4.98 Å². The lowest BCUT2D eigenvalue weighted by atomic mass is 10.1. The van der Waals surface area contributed by atoms with Crippen molar-refractivity contribution in [3.63, 3.8) is 0 Å². The van der Waals surface area contributed by atoms with Gasteiger partial charge in [-0.1, -0.05) is 36.4 Å². The number of pyridine rings is 1. The van der Waals surface area contributed by atoms with E-state index < -0.39 is 0 Å². The standard InChI is InChI=1S/C11H9N.C4H4N2/c1-2-5-10(6-3-1)11-7-4-8-12-9-11;1-2-4-6-5-3-1/h1-9H;1-4H. The number of nitrogens with zero attached hydrogens (tertiary/aromatic N) is 3. The van der Waals surface area contributed by atoms with Crippen molar-refractivity contribution in [3.8, 4) is 11.1 Å². The van der Waals surface area contributed by atoms with Crippen molar-refractivity contribution < 1.29 is 0 Å². The first-order chi connectivity index (χ1) is 8.97. The van der Waals surface area contributed by atoms with Gasteiger partial charge in [-0.15, -0.1) is 0 Å². The Hall–Kier alpha value is -2.55. The molecule has 0 bridgehead atoms. The summed E-state index contributed by atoms with van der Waals surface area (Å²) in [7, 11) is 0. The Morgan fingerprint density at radius 2 is 1.22 bits per heavy atom. The van der Waals surface area contributed by atoms with E-state index in [2.05, 4.69) is 33.4 Å². The van der Waals surface area contributed by atoms with Crippen LogP contribution in [0.25, 0.3) is 11.1 Å². The molecule has 3 aromatic rings. The van der Waals surface area contributed by atoms with Gasteiger partial charge >= 0.3 is 0 Å². The average Bonchev–Trinajstić information content (AvgIpc) is 2.51. The van der Waals surface area contributed by atoms with Gasteiger partial charge in [-0.05, 0) is 29.3 Å². The Morgan fingerprint density at radius 3 is 1.72 bits per heavy atom. The molecule has 0 saturated heterocycles. The maximum Gasteiger partial charge on any atom is 0.0496 e. The van der Waals surface area contributed by atoms with Gasteiger partial charge < -0.3 is 0 Å². The molecule has 0 aliphatic carbocycles. The van der Waals surface area contributed by atoms with Gasteiger partial charge in [0.25, 0.3) is 0 Å². The summed E-state index contributed by atoms with van der Waals surface area (Å²) < 4.78 is 0. The van der Waals surface area contributed by atoms with Crippen LogP contribution in [0, 0.1) is 0 Å². The normalized spacial score (nSPS) is 9.11. The zero-order valence-electron chi connectivity index (χ0n) is 9.85. The van der Waals surface area contributed by atoms with Gasteiger partial charge in [0, 0.05) is 24.8 Å². The van der Waals surface area contributed by atoms with Crippen molar-refractivity contribution in [2.24, 2.45) is 0 Å². The third kappa shape index (κ3) is 3.79. The van der Waals surface area contributed by atoms with Crippen LogP contribution in [0.2, 0.25) is 0 Å². The van der Waals surface area contributed by atoms with E-state index in [1.165, 1.54) is 5.56 Å². The number of rotatable bonds is 1. The third-order valence-electron chi connectivity index (χ3n) is 2.25. The highest BCUT2D eigenvalue weighted by Gasteiger charge is 1.92. The fraction of sp³-hybridized carbons (Fsp3) is 0. The first kappa shape index (κ1) is 11.9. The molecule has 0 N–H and O–H groups in total. The molecule has 18 heavy (non-hydrogen) atoms. The lowest BCUT2D eigenvalue weighted by molar-refractivity contribution is 1.03. The molecule has 0 saturated carbocycles. The number of hydrogen-bond donors (Lipinski definition) is 0. The van der Waals surface area contributed by atoms with Crippen LogP contribution in [0.15, 0.2) is 79.4 Å². The molecule has 0 aliphatic rings. The molecular formula is C15H13N3. The zero-order chi connectivity index (χ0) is 12.5. The Morgan fingerprint density at radius 1 is 0.556 bits per heavy atom. The largest absolute Gasteiger partial charge is 0.264 e. The first-order valence-electron chi connectivity index (χ1n) is 5.64. The van der Waals surface area contributed by atoms with E-state index in [0.717, 1.165) is 5.56 Å². The van der Waals surface area contributed by atoms with Crippen LogP contribution in [0.3, 0.4) is 0 Å². The Bertz CT molecular complexity index is 474. The molecule has 0 radical (unpaired) electrons. The SMILES string of the molecule is c1ccc(-c2cccnc2)cc1.c1ccnnc1. The Kier molecular flexibility index (Phi) is 4.58. The highest BCUT2D eigenvalue weighted by Crippen LogP contribution is 2.16. The first-order valence-corrected chi connectivity index (χ1v) is 5.64. The molecule has 0 fully saturated rings. The van der Waals surface area contributed by atoms with E-state index in [0.29, 0.717) is 0 Å². The van der Waals surface area contributed by atoms with Gasteiger partial charge in [-0.25, -0.2) is 0 Å². The van der Waals surface area contributed by atoms with E-state index in [4.69, 9.17) is 0 Å². The van der Waals surface area contributed by atoms with E-state index >= 15 is 0 Å². The van der Waals surface area contributed by atoms with E-state index in [9.17, 15) is 0 Å². The molecule has 2 aromatic heterocycles. The summed E-state index contributed by atoms with van der Waals surface area (Å²) in [4.78, 5) is 4.06. The molecule has 0 atom stereocenters. The Labute approximate surface area is 106 Å². The fourth-order valence-electron chi connectivity index (χ4n) is 1.42. The van der Waals surface area contributed by atoms with E-state index in [1.807, 2.05) is 42.6 Å². The second-order valence-corrected chi connectivity index (χ2v) is 3.52. The van der Waals surface area contributed by atoms with Gasteiger partial charge in [0.2, 0.25) is 0 Å². The van der Waals surface area contributed by atoms with Crippen LogP contribution in [-0.4, -0.2) is 15.2 Å². The van der Waals surface area contributed by atoms with Gasteiger partial charge in [-0.2, -0.15) is 10.2 Å². The molecule has 3 rings (SSSR count). The highest BCUT2D eigenvalue weighted by atomic mass is 15.1. The molecule has 0 spiro atoms. The summed E-state index contributed by atoms with van der Waals surface area (Å²) in [6.07, 6.45) is 6.93. The summed E-state index contributed by atoms with van der Waals surface area (Å²) in [6, 6.07) is 17.9. The van der Waals surface area contributed by atoms with Gasteiger partial charge in [0.15, 0.2) is 0 Å². The predicted molar refractivity (Wildman–Crippen MR) is 71.7 cm³/mol. The van der Waals surface area contributed by atoms with Crippen LogP contribution in [-0.2, 0) is 0 Å². The molecule has 0 unspecified atom stereocenters. The molecular weight excluding hydrogens is 222 g/mol. The maximum atomic E-state index is 4.06. The molecule has 2 heterocycles. The van der Waals surface area contributed by atoms with Crippen molar-refractivity contribution in [1.29, 1.82) is 0 Å². The summed E-state index contributed by atoms with van der Waals surface area (Å²) in [5.41, 5.74) is 2.38. The fourth-order valence-corrected chi connectivity index (χ4v) is 1.42. The average molecular weight is 235 g/mol. The van der Waals surface area contributed by atoms with Crippen molar-refractivity contribution in [3.05, 3.63) is 79.4 Å². The molecule has 3 nitrogen and oxygen atoms in total. The topological polar surface area (TPSA) is 38.7 Å². The van der Waals surface area contributed by atoms with Crippen molar-refractivity contribution in [1.82, 2.24) is 15.2 Å². The van der Waals surface area contributed by atoms with Crippen LogP contribution in [0.1, 0.15) is 0 Å². The van der Waals surface area contributed by atoms with Gasteiger partial charge in [0.05, 0.1) is 0 Å². The second-order valence-electron chi connectivity index (χ2n) is 3.52. The molecule has 0 aliphatic heterocycles. The van der Waals surface area contributed by atoms with Gasteiger partial charge in [0.1, 0.15) is 0 Å². The highest BCUT2D eigenvalue weighted by molar-refractivity contribution is 5.61. The molecule has 0 amide bonds. The monoisotopic (exact) mass is 235 g/mol. The van der Waals surface area contributed by atoms with E-state index in [-0.39, 0.29) is 0 Å². The summed E-state index contributed by atoms with van der Waals surface area (Å²) in [5.74, 6) is 0. The quantitative estimate of drug-likeness (QED) is 0.650. The smallest absolute Gasteiger partial charge is 0.0496 e. The molecule has 88 valence electrons. The Balaban J connectivity index is 0.000000169. The summed E-state index contributed by atoms with van der Waals surface area (Å²) in [6.45, 7) is 0.